The zero-order valence-corrected chi connectivity index (χ0v) is 23.8. The van der Waals surface area contributed by atoms with Gasteiger partial charge in [-0.05, 0) is 56.2 Å². The molecule has 6 rings (SSSR count). The van der Waals surface area contributed by atoms with Gasteiger partial charge in [-0.3, -0.25) is 4.79 Å². The van der Waals surface area contributed by atoms with E-state index in [9.17, 15) is 18.0 Å². The molecule has 3 aliphatic heterocycles. The molecule has 42 heavy (non-hydrogen) atoms. The second-order valence-electron chi connectivity index (χ2n) is 11.3. The Kier molecular flexibility index (Phi) is 7.12. The Bertz CT molecular complexity index is 1500. The number of carbonyl (C=O) groups is 1. The van der Waals surface area contributed by atoms with Crippen molar-refractivity contribution in [2.24, 2.45) is 5.41 Å². The Labute approximate surface area is 242 Å². The predicted octanol–water partition coefficient (Wildman–Crippen LogP) is 5.55. The van der Waals surface area contributed by atoms with Crippen LogP contribution in [-0.4, -0.2) is 72.6 Å². The van der Waals surface area contributed by atoms with Crippen molar-refractivity contribution in [1.29, 1.82) is 0 Å². The molecule has 1 spiro atoms. The number of nitrogens with one attached hydrogen (secondary N) is 1. The number of anilines is 3. The van der Waals surface area contributed by atoms with E-state index in [4.69, 9.17) is 9.47 Å². The second-order valence-corrected chi connectivity index (χ2v) is 11.3. The summed E-state index contributed by atoms with van der Waals surface area (Å²) < 4.78 is 53.0. The van der Waals surface area contributed by atoms with Crippen LogP contribution in [0.1, 0.15) is 41.3 Å². The van der Waals surface area contributed by atoms with Crippen molar-refractivity contribution < 1.29 is 27.4 Å². The number of halogens is 3. The molecule has 2 fully saturated rings. The highest BCUT2D eigenvalue weighted by atomic mass is 19.4. The highest BCUT2D eigenvalue weighted by molar-refractivity contribution is 6.00. The maximum Gasteiger partial charge on any atom is 0.423 e. The van der Waals surface area contributed by atoms with Gasteiger partial charge in [-0.25, -0.2) is 4.98 Å². The number of nitrogens with zero attached hydrogens (tertiary/aromatic N) is 5. The van der Waals surface area contributed by atoms with Crippen molar-refractivity contribution in [2.75, 3.05) is 57.1 Å². The Balaban J connectivity index is 1.22. The molecule has 3 aliphatic rings. The molecule has 0 radical (unpaired) electrons. The Morgan fingerprint density at radius 1 is 1.10 bits per heavy atom. The zero-order chi connectivity index (χ0) is 29.6. The molecule has 1 amide bonds. The van der Waals surface area contributed by atoms with Crippen LogP contribution in [0.25, 0.3) is 0 Å². The summed E-state index contributed by atoms with van der Waals surface area (Å²) in [6.45, 7) is 7.89. The first-order chi connectivity index (χ1) is 20.1. The van der Waals surface area contributed by atoms with E-state index in [1.807, 2.05) is 12.1 Å². The minimum Gasteiger partial charge on any atom is -0.494 e. The van der Waals surface area contributed by atoms with E-state index in [0.717, 1.165) is 38.4 Å². The van der Waals surface area contributed by atoms with Gasteiger partial charge in [0.05, 0.1) is 18.4 Å². The number of carbonyl (C=O) groups excluding carboxylic acids is 1. The van der Waals surface area contributed by atoms with Gasteiger partial charge in [-0.1, -0.05) is 19.1 Å². The maximum atomic E-state index is 13.9. The highest BCUT2D eigenvalue weighted by Crippen LogP contribution is 2.44. The summed E-state index contributed by atoms with van der Waals surface area (Å²) in [7, 11) is 3.16. The van der Waals surface area contributed by atoms with Gasteiger partial charge in [0.2, 0.25) is 11.8 Å². The maximum absolute atomic E-state index is 13.9. The van der Waals surface area contributed by atoms with E-state index in [0.29, 0.717) is 35.2 Å². The van der Waals surface area contributed by atoms with E-state index < -0.39 is 17.6 Å². The first-order valence-corrected chi connectivity index (χ1v) is 14.0. The second kappa shape index (κ2) is 10.6. The molecule has 9 nitrogen and oxygen atoms in total. The minimum absolute atomic E-state index is 0.00613. The molecule has 0 saturated carbocycles. The SMILES string of the molecule is CCN1CCC2(CC1)CN(c1ccc(Nc3ncc(C(F)(F)F)c(Oc4cccc5c4C(=O)N(C)C5)n3)c(OC)c1)C2. The van der Waals surface area contributed by atoms with Crippen LogP contribution in [0.2, 0.25) is 0 Å². The third kappa shape index (κ3) is 5.19. The van der Waals surface area contributed by atoms with Gasteiger partial charge in [0.1, 0.15) is 17.1 Å². The number of benzene rings is 2. The average molecular weight is 583 g/mol. The van der Waals surface area contributed by atoms with E-state index in [1.54, 1.807) is 25.2 Å². The number of fused-ring (bicyclic) bond motifs is 1. The fourth-order valence-corrected chi connectivity index (χ4v) is 6.06. The summed E-state index contributed by atoms with van der Waals surface area (Å²) in [5.41, 5.74) is 1.62. The van der Waals surface area contributed by atoms with Gasteiger partial charge in [-0.15, -0.1) is 0 Å². The average Bonchev–Trinajstić information content (AvgIpc) is 3.25. The molecule has 0 aliphatic carbocycles. The molecule has 1 aromatic heterocycles. The molecule has 222 valence electrons. The largest absolute Gasteiger partial charge is 0.494 e. The van der Waals surface area contributed by atoms with Gasteiger partial charge in [0.15, 0.2) is 0 Å². The van der Waals surface area contributed by atoms with Crippen LogP contribution >= 0.6 is 0 Å². The Hall–Kier alpha value is -4.06. The number of piperidine rings is 1. The van der Waals surface area contributed by atoms with Crippen LogP contribution in [0.15, 0.2) is 42.6 Å². The minimum atomic E-state index is -4.77. The lowest BCUT2D eigenvalue weighted by atomic mass is 9.72. The predicted molar refractivity (Wildman–Crippen MR) is 152 cm³/mol. The number of aromatic nitrogens is 2. The van der Waals surface area contributed by atoms with Crippen LogP contribution in [-0.2, 0) is 12.7 Å². The van der Waals surface area contributed by atoms with Crippen LogP contribution in [0, 0.1) is 5.41 Å². The smallest absolute Gasteiger partial charge is 0.423 e. The lowest BCUT2D eigenvalue weighted by Gasteiger charge is -2.55. The lowest BCUT2D eigenvalue weighted by Crippen LogP contribution is -2.60. The fourth-order valence-electron chi connectivity index (χ4n) is 6.06. The third-order valence-corrected chi connectivity index (χ3v) is 8.56. The molecule has 0 bridgehead atoms. The van der Waals surface area contributed by atoms with Crippen LogP contribution < -0.4 is 19.7 Å². The highest BCUT2D eigenvalue weighted by Gasteiger charge is 2.45. The zero-order valence-electron chi connectivity index (χ0n) is 23.8. The first-order valence-electron chi connectivity index (χ1n) is 14.0. The number of rotatable bonds is 7. The molecule has 0 atom stereocenters. The summed E-state index contributed by atoms with van der Waals surface area (Å²) >= 11 is 0. The number of alkyl halides is 3. The van der Waals surface area contributed by atoms with Crippen molar-refractivity contribution in [3.05, 3.63) is 59.3 Å². The summed E-state index contributed by atoms with van der Waals surface area (Å²) in [5, 5.41) is 2.97. The topological polar surface area (TPSA) is 83.1 Å². The number of amides is 1. The van der Waals surface area contributed by atoms with Gasteiger partial charge < -0.3 is 29.5 Å². The van der Waals surface area contributed by atoms with Crippen LogP contribution in [0.4, 0.5) is 30.5 Å². The summed E-state index contributed by atoms with van der Waals surface area (Å²) in [4.78, 5) is 26.9. The first kappa shape index (κ1) is 28.1. The third-order valence-electron chi connectivity index (χ3n) is 8.56. The van der Waals surface area contributed by atoms with Crippen molar-refractivity contribution in [3.63, 3.8) is 0 Å². The Morgan fingerprint density at radius 2 is 1.86 bits per heavy atom. The van der Waals surface area contributed by atoms with Gasteiger partial charge >= 0.3 is 6.18 Å². The molecule has 1 N–H and O–H groups in total. The summed E-state index contributed by atoms with van der Waals surface area (Å²) in [5.74, 6) is -0.621. The number of hydrogen-bond acceptors (Lipinski definition) is 8. The quantitative estimate of drug-likeness (QED) is 0.389. The van der Waals surface area contributed by atoms with E-state index >= 15 is 0 Å². The van der Waals surface area contributed by atoms with Crippen LogP contribution in [0.3, 0.4) is 0 Å². The summed E-state index contributed by atoms with van der Waals surface area (Å²) in [6.07, 6.45) is -1.71. The molecule has 2 aromatic carbocycles. The van der Waals surface area contributed by atoms with Gasteiger partial charge in [-0.2, -0.15) is 18.2 Å². The number of hydrogen-bond donors (Lipinski definition) is 1. The van der Waals surface area contributed by atoms with Gasteiger partial charge in [0, 0.05) is 50.0 Å². The normalized spacial score (nSPS) is 18.2. The van der Waals surface area contributed by atoms with Crippen molar-refractivity contribution in [3.8, 4) is 17.4 Å². The number of ether oxygens (including phenoxy) is 2. The molecular weight excluding hydrogens is 549 g/mol. The fraction of sp³-hybridized carbons (Fsp3) is 0.433. The number of methoxy groups -OCH3 is 1. The molecular formula is C30H33F3N6O3. The van der Waals surface area contributed by atoms with E-state index in [-0.39, 0.29) is 23.2 Å². The molecule has 12 heteroatoms. The van der Waals surface area contributed by atoms with E-state index in [2.05, 4.69) is 32.0 Å². The summed E-state index contributed by atoms with van der Waals surface area (Å²) in [6, 6.07) is 10.5. The molecule has 3 aromatic rings. The molecule has 2 saturated heterocycles. The van der Waals surface area contributed by atoms with Crippen LogP contribution in [0.5, 0.6) is 17.4 Å². The monoisotopic (exact) mass is 582 g/mol. The number of likely N-dealkylation sites (tertiary alicyclic amines) is 1. The van der Waals surface area contributed by atoms with Gasteiger partial charge in [0.25, 0.3) is 5.91 Å². The molecule has 4 heterocycles. The van der Waals surface area contributed by atoms with Crippen molar-refractivity contribution in [1.82, 2.24) is 19.8 Å². The standard InChI is InChI=1S/C30H33F3N6O3/c1-4-38-12-10-29(11-13-38)17-39(18-29)20-8-9-22(24(14-20)41-3)35-28-34-15-21(30(31,32)33)26(36-28)42-23-7-5-6-19-16-37(2)27(40)25(19)23/h5-9,14-15H,4,10-13,16-18H2,1-3H3,(H,34,35,36). The van der Waals surface area contributed by atoms with Crippen molar-refractivity contribution >= 4 is 23.2 Å². The lowest BCUT2D eigenvalue weighted by molar-refractivity contribution is -0.139. The van der Waals surface area contributed by atoms with Crippen molar-refractivity contribution in [2.45, 2.75) is 32.5 Å². The van der Waals surface area contributed by atoms with E-state index in [1.165, 1.54) is 30.9 Å². The Morgan fingerprint density at radius 3 is 2.55 bits per heavy atom. The molecule has 0 unspecified atom stereocenters.